The molecule has 0 bridgehead atoms. The van der Waals surface area contributed by atoms with Gasteiger partial charge in [0.2, 0.25) is 0 Å². The number of amides is 1. The van der Waals surface area contributed by atoms with E-state index in [1.165, 1.54) is 18.2 Å². The van der Waals surface area contributed by atoms with Crippen molar-refractivity contribution in [3.05, 3.63) is 58.6 Å². The van der Waals surface area contributed by atoms with Crippen LogP contribution in [0.1, 0.15) is 6.92 Å². The van der Waals surface area contributed by atoms with E-state index in [1.54, 1.807) is 30.3 Å². The monoisotopic (exact) mass is 374 g/mol. The SMILES string of the molecule is CCOc1ccc(OCC(=O)OCC(=O)Nc2ccccc2[N+](=O)[O-])cc1. The van der Waals surface area contributed by atoms with E-state index in [-0.39, 0.29) is 18.0 Å². The fourth-order valence-electron chi connectivity index (χ4n) is 2.05. The molecule has 9 nitrogen and oxygen atoms in total. The Bertz CT molecular complexity index is 806. The van der Waals surface area contributed by atoms with Crippen molar-refractivity contribution in [2.75, 3.05) is 25.1 Å². The summed E-state index contributed by atoms with van der Waals surface area (Å²) >= 11 is 0. The van der Waals surface area contributed by atoms with E-state index in [2.05, 4.69) is 5.32 Å². The highest BCUT2D eigenvalue weighted by Crippen LogP contribution is 2.23. The second-order valence-electron chi connectivity index (χ2n) is 5.18. The summed E-state index contributed by atoms with van der Waals surface area (Å²) in [5.41, 5.74) is -0.231. The maximum atomic E-state index is 11.8. The van der Waals surface area contributed by atoms with Crippen molar-refractivity contribution >= 4 is 23.3 Å². The number of rotatable bonds is 9. The maximum absolute atomic E-state index is 11.8. The van der Waals surface area contributed by atoms with Gasteiger partial charge in [0.25, 0.3) is 11.6 Å². The molecule has 0 aliphatic carbocycles. The Kier molecular flexibility index (Phi) is 7.12. The van der Waals surface area contributed by atoms with Crippen LogP contribution >= 0.6 is 0 Å². The van der Waals surface area contributed by atoms with Gasteiger partial charge in [-0.3, -0.25) is 14.9 Å². The topological polar surface area (TPSA) is 117 Å². The minimum atomic E-state index is -0.749. The van der Waals surface area contributed by atoms with E-state index in [0.29, 0.717) is 18.1 Å². The van der Waals surface area contributed by atoms with Crippen LogP contribution in [0, 0.1) is 10.1 Å². The van der Waals surface area contributed by atoms with Crippen LogP contribution in [0.15, 0.2) is 48.5 Å². The molecule has 0 spiro atoms. The minimum Gasteiger partial charge on any atom is -0.494 e. The van der Waals surface area contributed by atoms with Crippen LogP contribution < -0.4 is 14.8 Å². The summed E-state index contributed by atoms with van der Waals surface area (Å²) in [5, 5.41) is 13.2. The zero-order valence-corrected chi connectivity index (χ0v) is 14.5. The van der Waals surface area contributed by atoms with Gasteiger partial charge in [-0.25, -0.2) is 4.79 Å². The third-order valence-electron chi connectivity index (χ3n) is 3.23. The van der Waals surface area contributed by atoms with Gasteiger partial charge in [-0.15, -0.1) is 0 Å². The van der Waals surface area contributed by atoms with Gasteiger partial charge in [-0.05, 0) is 37.3 Å². The summed E-state index contributed by atoms with van der Waals surface area (Å²) in [7, 11) is 0. The number of anilines is 1. The second-order valence-corrected chi connectivity index (χ2v) is 5.18. The molecular weight excluding hydrogens is 356 g/mol. The molecule has 2 aromatic rings. The van der Waals surface area contributed by atoms with E-state index < -0.39 is 23.4 Å². The molecular formula is C18H18N2O7. The van der Waals surface area contributed by atoms with Crippen molar-refractivity contribution in [2.45, 2.75) is 6.92 Å². The molecule has 1 N–H and O–H groups in total. The molecule has 2 aromatic carbocycles. The first-order valence-electron chi connectivity index (χ1n) is 8.04. The Hall–Kier alpha value is -3.62. The van der Waals surface area contributed by atoms with Crippen LogP contribution in [0.4, 0.5) is 11.4 Å². The lowest BCUT2D eigenvalue weighted by Crippen LogP contribution is -2.24. The van der Waals surface area contributed by atoms with E-state index in [0.717, 1.165) is 0 Å². The number of nitrogens with zero attached hydrogens (tertiary/aromatic N) is 1. The lowest BCUT2D eigenvalue weighted by molar-refractivity contribution is -0.383. The number of carbonyl (C=O) groups is 2. The first-order valence-corrected chi connectivity index (χ1v) is 8.04. The van der Waals surface area contributed by atoms with Crippen LogP contribution in [0.5, 0.6) is 11.5 Å². The van der Waals surface area contributed by atoms with Gasteiger partial charge in [0.15, 0.2) is 13.2 Å². The molecule has 0 heterocycles. The smallest absolute Gasteiger partial charge is 0.344 e. The summed E-state index contributed by atoms with van der Waals surface area (Å²) in [6.45, 7) is 1.44. The van der Waals surface area contributed by atoms with E-state index >= 15 is 0 Å². The Morgan fingerprint density at radius 3 is 2.26 bits per heavy atom. The lowest BCUT2D eigenvalue weighted by atomic mass is 10.2. The van der Waals surface area contributed by atoms with Crippen LogP contribution in [-0.4, -0.2) is 36.6 Å². The van der Waals surface area contributed by atoms with E-state index in [4.69, 9.17) is 14.2 Å². The highest BCUT2D eigenvalue weighted by Gasteiger charge is 2.16. The molecule has 0 saturated carbocycles. The molecule has 0 saturated heterocycles. The number of para-hydroxylation sites is 2. The minimum absolute atomic E-state index is 0.0224. The second kappa shape index (κ2) is 9.76. The Morgan fingerprint density at radius 1 is 1.00 bits per heavy atom. The predicted octanol–water partition coefficient (Wildman–Crippen LogP) is 2.55. The number of esters is 1. The highest BCUT2D eigenvalue weighted by atomic mass is 16.6. The van der Waals surface area contributed by atoms with Gasteiger partial charge >= 0.3 is 5.97 Å². The molecule has 0 atom stereocenters. The molecule has 0 aliphatic heterocycles. The van der Waals surface area contributed by atoms with E-state index in [9.17, 15) is 19.7 Å². The normalized spacial score (nSPS) is 9.96. The average molecular weight is 374 g/mol. The number of hydrogen-bond donors (Lipinski definition) is 1. The molecule has 1 amide bonds. The number of nitro groups is 1. The molecule has 9 heteroatoms. The first-order chi connectivity index (χ1) is 13.0. The van der Waals surface area contributed by atoms with Crippen molar-refractivity contribution < 1.29 is 28.7 Å². The summed E-state index contributed by atoms with van der Waals surface area (Å²) in [5.74, 6) is -0.320. The number of benzene rings is 2. The molecule has 0 radical (unpaired) electrons. The Morgan fingerprint density at radius 2 is 1.63 bits per heavy atom. The number of nitrogens with one attached hydrogen (secondary N) is 1. The summed E-state index contributed by atoms with van der Waals surface area (Å²) in [6, 6.07) is 12.3. The molecule has 0 aromatic heterocycles. The predicted molar refractivity (Wildman–Crippen MR) is 95.8 cm³/mol. The maximum Gasteiger partial charge on any atom is 0.344 e. The number of nitro benzene ring substituents is 1. The Balaban J connectivity index is 1.76. The molecule has 0 aliphatic rings. The average Bonchev–Trinajstić information content (AvgIpc) is 2.66. The van der Waals surface area contributed by atoms with Crippen molar-refractivity contribution in [1.29, 1.82) is 0 Å². The zero-order valence-electron chi connectivity index (χ0n) is 14.5. The molecule has 142 valence electrons. The van der Waals surface area contributed by atoms with Crippen LogP contribution in [0.3, 0.4) is 0 Å². The molecule has 0 unspecified atom stereocenters. The fourth-order valence-corrected chi connectivity index (χ4v) is 2.05. The fraction of sp³-hybridized carbons (Fsp3) is 0.222. The number of ether oxygens (including phenoxy) is 3. The molecule has 2 rings (SSSR count). The van der Waals surface area contributed by atoms with Gasteiger partial charge in [0, 0.05) is 6.07 Å². The standard InChI is InChI=1S/C18H18N2O7/c1-2-25-13-7-9-14(10-8-13)26-12-18(22)27-11-17(21)19-15-5-3-4-6-16(15)20(23)24/h3-10H,2,11-12H2,1H3,(H,19,21). The number of hydrogen-bond acceptors (Lipinski definition) is 7. The van der Waals surface area contributed by atoms with Gasteiger partial charge in [0.05, 0.1) is 11.5 Å². The summed E-state index contributed by atoms with van der Waals surface area (Å²) in [4.78, 5) is 33.7. The van der Waals surface area contributed by atoms with Crippen molar-refractivity contribution in [3.63, 3.8) is 0 Å². The third-order valence-corrected chi connectivity index (χ3v) is 3.23. The first kappa shape index (κ1) is 19.7. The molecule has 27 heavy (non-hydrogen) atoms. The van der Waals surface area contributed by atoms with Gasteiger partial charge in [-0.1, -0.05) is 12.1 Å². The van der Waals surface area contributed by atoms with Gasteiger partial charge in [0.1, 0.15) is 17.2 Å². The highest BCUT2D eigenvalue weighted by molar-refractivity contribution is 5.94. The quantitative estimate of drug-likeness (QED) is 0.407. The van der Waals surface area contributed by atoms with Crippen LogP contribution in [0.2, 0.25) is 0 Å². The van der Waals surface area contributed by atoms with Crippen LogP contribution in [0.25, 0.3) is 0 Å². The summed E-state index contributed by atoms with van der Waals surface area (Å²) < 4.78 is 15.3. The Labute approximate surface area is 155 Å². The zero-order chi connectivity index (χ0) is 19.6. The van der Waals surface area contributed by atoms with Crippen molar-refractivity contribution in [3.8, 4) is 11.5 Å². The number of carbonyl (C=O) groups excluding carboxylic acids is 2. The van der Waals surface area contributed by atoms with Crippen molar-refractivity contribution in [2.24, 2.45) is 0 Å². The van der Waals surface area contributed by atoms with Crippen LogP contribution in [-0.2, 0) is 14.3 Å². The third kappa shape index (κ3) is 6.31. The summed E-state index contributed by atoms with van der Waals surface area (Å²) in [6.07, 6.45) is 0. The van der Waals surface area contributed by atoms with Gasteiger partial charge < -0.3 is 19.5 Å². The largest absolute Gasteiger partial charge is 0.494 e. The van der Waals surface area contributed by atoms with E-state index in [1.807, 2.05) is 6.92 Å². The molecule has 0 fully saturated rings. The lowest BCUT2D eigenvalue weighted by Gasteiger charge is -2.09. The van der Waals surface area contributed by atoms with Gasteiger partial charge in [-0.2, -0.15) is 0 Å². The van der Waals surface area contributed by atoms with Crippen molar-refractivity contribution in [1.82, 2.24) is 0 Å².